The molecular formula is C17H29ClNO4P. The Hall–Kier alpha value is -0.420. The normalized spacial score (nSPS) is 14.8. The van der Waals surface area contributed by atoms with E-state index in [-0.39, 0.29) is 11.7 Å². The van der Waals surface area contributed by atoms with E-state index in [4.69, 9.17) is 21.1 Å². The Bertz CT molecular complexity index is 530. The second kappa shape index (κ2) is 9.91. The van der Waals surface area contributed by atoms with E-state index < -0.39 is 13.4 Å². The summed E-state index contributed by atoms with van der Waals surface area (Å²) < 4.78 is 22.9. The Kier molecular flexibility index (Phi) is 8.93. The lowest BCUT2D eigenvalue weighted by Crippen LogP contribution is -2.37. The van der Waals surface area contributed by atoms with Crippen LogP contribution in [-0.4, -0.2) is 36.8 Å². The van der Waals surface area contributed by atoms with E-state index >= 15 is 0 Å². The van der Waals surface area contributed by atoms with Gasteiger partial charge in [-0.1, -0.05) is 23.7 Å². The van der Waals surface area contributed by atoms with Gasteiger partial charge in [-0.2, -0.15) is 0 Å². The highest BCUT2D eigenvalue weighted by molar-refractivity contribution is 7.58. The zero-order valence-electron chi connectivity index (χ0n) is 14.9. The summed E-state index contributed by atoms with van der Waals surface area (Å²) in [6.07, 6.45) is 0.711. The largest absolute Gasteiger partial charge is 0.345 e. The predicted molar refractivity (Wildman–Crippen MR) is 98.8 cm³/mol. The first-order valence-corrected chi connectivity index (χ1v) is 10.6. The van der Waals surface area contributed by atoms with Crippen LogP contribution in [0.25, 0.3) is 0 Å². The van der Waals surface area contributed by atoms with Gasteiger partial charge in [0.15, 0.2) is 0 Å². The Balaban J connectivity index is 2.51. The van der Waals surface area contributed by atoms with E-state index in [1.165, 1.54) is 0 Å². The van der Waals surface area contributed by atoms with E-state index in [1.54, 1.807) is 13.8 Å². The van der Waals surface area contributed by atoms with E-state index in [0.717, 1.165) is 5.56 Å². The van der Waals surface area contributed by atoms with Crippen LogP contribution in [0.15, 0.2) is 24.3 Å². The number of halogens is 1. The molecular weight excluding hydrogens is 349 g/mol. The lowest BCUT2D eigenvalue weighted by Gasteiger charge is -2.28. The van der Waals surface area contributed by atoms with Crippen molar-refractivity contribution in [3.63, 3.8) is 0 Å². The highest BCUT2D eigenvalue weighted by Crippen LogP contribution is 2.47. The van der Waals surface area contributed by atoms with Crippen molar-refractivity contribution < 1.29 is 18.9 Å². The summed E-state index contributed by atoms with van der Waals surface area (Å²) in [6, 6.07) is 6.64. The molecule has 1 aromatic carbocycles. The molecule has 0 spiro atoms. The topological polar surface area (TPSA) is 67.8 Å². The van der Waals surface area contributed by atoms with Gasteiger partial charge >= 0.3 is 0 Å². The van der Waals surface area contributed by atoms with Gasteiger partial charge in [0.2, 0.25) is 6.03 Å². The van der Waals surface area contributed by atoms with Crippen LogP contribution in [0.2, 0.25) is 5.02 Å². The fourth-order valence-corrected chi connectivity index (χ4v) is 4.06. The van der Waals surface area contributed by atoms with Crippen LogP contribution >= 0.6 is 19.0 Å². The fourth-order valence-electron chi connectivity index (χ4n) is 2.35. The molecule has 0 amide bonds. The highest BCUT2D eigenvalue weighted by Gasteiger charge is 2.32. The van der Waals surface area contributed by atoms with Crippen molar-refractivity contribution in [3.05, 3.63) is 34.9 Å². The van der Waals surface area contributed by atoms with Gasteiger partial charge in [0.25, 0.3) is 7.37 Å². The molecule has 1 atom stereocenters. The molecule has 24 heavy (non-hydrogen) atoms. The molecule has 5 nitrogen and oxygen atoms in total. The average molecular weight is 378 g/mol. The van der Waals surface area contributed by atoms with Crippen LogP contribution in [0.4, 0.5) is 0 Å². The molecule has 0 radical (unpaired) electrons. The number of nitrogens with one attached hydrogen (secondary N) is 1. The first kappa shape index (κ1) is 21.6. The smallest absolute Gasteiger partial charge is 0.255 e. The van der Waals surface area contributed by atoms with Gasteiger partial charge in [0, 0.05) is 29.9 Å². The second-order valence-corrected chi connectivity index (χ2v) is 8.93. The monoisotopic (exact) mass is 377 g/mol. The first-order chi connectivity index (χ1) is 11.2. The maximum Gasteiger partial charge on any atom is 0.255 e. The van der Waals surface area contributed by atoms with Gasteiger partial charge in [-0.05, 0) is 58.4 Å². The zero-order chi connectivity index (χ0) is 18.2. The zero-order valence-corrected chi connectivity index (χ0v) is 16.6. The molecule has 0 aliphatic carbocycles. The van der Waals surface area contributed by atoms with Gasteiger partial charge < -0.3 is 19.7 Å². The minimum absolute atomic E-state index is 0.154. The van der Waals surface area contributed by atoms with Crippen LogP contribution < -0.4 is 5.32 Å². The molecule has 1 aromatic rings. The van der Waals surface area contributed by atoms with E-state index in [1.807, 2.05) is 24.3 Å². The first-order valence-electron chi connectivity index (χ1n) is 8.28. The van der Waals surface area contributed by atoms with Crippen molar-refractivity contribution in [1.82, 2.24) is 5.32 Å². The van der Waals surface area contributed by atoms with Gasteiger partial charge in [-0.25, -0.2) is 0 Å². The Morgan fingerprint density at radius 2 is 1.75 bits per heavy atom. The summed E-state index contributed by atoms with van der Waals surface area (Å²) in [5.74, 6) is 0. The van der Waals surface area contributed by atoms with Gasteiger partial charge in [0.05, 0.1) is 0 Å². The minimum atomic E-state index is -3.50. The molecule has 0 bridgehead atoms. The average Bonchev–Trinajstić information content (AvgIpc) is 2.52. The predicted octanol–water partition coefficient (Wildman–Crippen LogP) is 4.18. The molecule has 0 saturated carbocycles. The number of hydrogen-bond donors (Lipinski definition) is 2. The Labute approximate surface area is 150 Å². The Morgan fingerprint density at radius 3 is 2.25 bits per heavy atom. The molecule has 0 aromatic heterocycles. The van der Waals surface area contributed by atoms with Crippen LogP contribution in [0.5, 0.6) is 0 Å². The van der Waals surface area contributed by atoms with E-state index in [2.05, 4.69) is 19.2 Å². The molecule has 1 unspecified atom stereocenters. The minimum Gasteiger partial charge on any atom is -0.345 e. The number of ether oxygens (including phenoxy) is 2. The standard InChI is InChI=1S/C17H29ClNO4P/c1-5-22-16(23-6-2)24(20,21)13-7-12-19-17(3,4)14-8-10-15(18)11-9-14/h8-11,16,19H,5-7,12-13H2,1-4H3,(H,20,21). The summed E-state index contributed by atoms with van der Waals surface area (Å²) in [7, 11) is -3.50. The van der Waals surface area contributed by atoms with Crippen LogP contribution in [0, 0.1) is 0 Å². The maximum atomic E-state index is 12.4. The van der Waals surface area contributed by atoms with E-state index in [9.17, 15) is 9.46 Å². The molecule has 0 heterocycles. The molecule has 2 N–H and O–H groups in total. The summed E-state index contributed by atoms with van der Waals surface area (Å²) in [4.78, 5) is 10.2. The van der Waals surface area contributed by atoms with Gasteiger partial charge in [-0.15, -0.1) is 0 Å². The third kappa shape index (κ3) is 6.83. The van der Waals surface area contributed by atoms with Crippen LogP contribution in [0.3, 0.4) is 0 Å². The maximum absolute atomic E-state index is 12.4. The SMILES string of the molecule is CCOC(OCC)P(=O)(O)CCCNC(C)(C)c1ccc(Cl)cc1. The fraction of sp³-hybridized carbons (Fsp3) is 0.647. The molecule has 1 rings (SSSR count). The molecule has 0 aliphatic rings. The summed E-state index contributed by atoms with van der Waals surface area (Å²) in [6.45, 7) is 9.00. The molecule has 138 valence electrons. The van der Waals surface area contributed by atoms with Crippen molar-refractivity contribution in [2.75, 3.05) is 25.9 Å². The van der Waals surface area contributed by atoms with Crippen molar-refractivity contribution in [2.45, 2.75) is 45.7 Å². The number of benzene rings is 1. The summed E-state index contributed by atoms with van der Waals surface area (Å²) >= 11 is 5.92. The van der Waals surface area contributed by atoms with Crippen molar-refractivity contribution in [2.24, 2.45) is 0 Å². The summed E-state index contributed by atoms with van der Waals surface area (Å²) in [5.41, 5.74) is 0.865. The third-order valence-corrected chi connectivity index (χ3v) is 5.90. The number of rotatable bonds is 11. The van der Waals surface area contributed by atoms with Crippen LogP contribution in [-0.2, 0) is 19.6 Å². The van der Waals surface area contributed by atoms with Gasteiger partial charge in [0.1, 0.15) is 0 Å². The quantitative estimate of drug-likeness (QED) is 0.344. The second-order valence-electron chi connectivity index (χ2n) is 6.11. The molecule has 7 heteroatoms. The highest BCUT2D eigenvalue weighted by atomic mass is 35.5. The molecule has 0 saturated heterocycles. The lowest BCUT2D eigenvalue weighted by molar-refractivity contribution is -0.0871. The number of hydrogen-bond acceptors (Lipinski definition) is 4. The van der Waals surface area contributed by atoms with Crippen molar-refractivity contribution >= 4 is 19.0 Å². The molecule has 0 aliphatic heterocycles. The van der Waals surface area contributed by atoms with Crippen molar-refractivity contribution in [1.29, 1.82) is 0 Å². The van der Waals surface area contributed by atoms with Gasteiger partial charge in [-0.3, -0.25) is 4.57 Å². The van der Waals surface area contributed by atoms with Crippen LogP contribution in [0.1, 0.15) is 39.7 Å². The summed E-state index contributed by atoms with van der Waals surface area (Å²) in [5, 5.41) is 4.12. The van der Waals surface area contributed by atoms with Crippen molar-refractivity contribution in [3.8, 4) is 0 Å². The third-order valence-electron chi connectivity index (χ3n) is 3.74. The lowest BCUT2D eigenvalue weighted by atomic mass is 9.94. The molecule has 0 fully saturated rings. The Morgan fingerprint density at radius 1 is 1.21 bits per heavy atom. The van der Waals surface area contributed by atoms with E-state index in [0.29, 0.717) is 31.2 Å².